The fourth-order valence-corrected chi connectivity index (χ4v) is 12.6. The molecule has 0 atom stereocenters. The summed E-state index contributed by atoms with van der Waals surface area (Å²) in [7, 11) is 0. The van der Waals surface area contributed by atoms with Crippen LogP contribution in [0, 0.1) is 10.1 Å². The van der Waals surface area contributed by atoms with Crippen molar-refractivity contribution in [1.82, 2.24) is 0 Å². The molecule has 0 spiro atoms. The first-order chi connectivity index (χ1) is 13.7. The Hall–Kier alpha value is -3.16. The van der Waals surface area contributed by atoms with Crippen LogP contribution in [0.4, 0.5) is 5.69 Å². The standard InChI is InChI=1S/C24H19AsNO2/c27-26(28)24-18-10-17-23(19-24)25(20-11-4-1-5-12-20,21-13-6-2-7-14-21)22-15-8-3-9-16-22/h1-19H/q+1. The molecule has 0 aliphatic carbocycles. The van der Waals surface area contributed by atoms with Gasteiger partial charge in [-0.3, -0.25) is 0 Å². The van der Waals surface area contributed by atoms with Gasteiger partial charge in [0.25, 0.3) is 0 Å². The van der Waals surface area contributed by atoms with Gasteiger partial charge in [-0.05, 0) is 0 Å². The van der Waals surface area contributed by atoms with Crippen LogP contribution in [-0.4, -0.2) is 18.5 Å². The molecule has 0 aliphatic rings. The van der Waals surface area contributed by atoms with E-state index >= 15 is 0 Å². The Balaban J connectivity index is 2.13. The van der Waals surface area contributed by atoms with Crippen molar-refractivity contribution >= 4 is 36.6 Å². The molecule has 4 aromatic rings. The van der Waals surface area contributed by atoms with Crippen molar-refractivity contribution in [2.75, 3.05) is 0 Å². The second kappa shape index (κ2) is 7.83. The summed E-state index contributed by atoms with van der Waals surface area (Å²) in [6, 6.07) is 38.5. The molecule has 3 nitrogen and oxygen atoms in total. The molecule has 0 radical (unpaired) electrons. The van der Waals surface area contributed by atoms with Gasteiger partial charge in [0.2, 0.25) is 0 Å². The van der Waals surface area contributed by atoms with E-state index in [1.54, 1.807) is 18.2 Å². The molecule has 0 heterocycles. The number of non-ortho nitro benzene ring substituents is 1. The Morgan fingerprint density at radius 2 is 0.929 bits per heavy atom. The van der Waals surface area contributed by atoms with E-state index in [4.69, 9.17) is 0 Å². The summed E-state index contributed by atoms with van der Waals surface area (Å²) in [6.45, 7) is 0. The maximum atomic E-state index is 11.5. The van der Waals surface area contributed by atoms with Crippen molar-refractivity contribution < 1.29 is 4.92 Å². The van der Waals surface area contributed by atoms with Gasteiger partial charge in [-0.15, -0.1) is 0 Å². The van der Waals surface area contributed by atoms with Gasteiger partial charge in [-0.2, -0.15) is 0 Å². The van der Waals surface area contributed by atoms with Crippen LogP contribution in [0.1, 0.15) is 0 Å². The average molecular weight is 428 g/mol. The van der Waals surface area contributed by atoms with Gasteiger partial charge < -0.3 is 0 Å². The third-order valence-electron chi connectivity index (χ3n) is 4.86. The molecule has 0 bridgehead atoms. The number of nitro groups is 1. The Morgan fingerprint density at radius 3 is 1.32 bits per heavy atom. The molecule has 4 rings (SSSR count). The first-order valence-corrected chi connectivity index (χ1v) is 12.8. The Morgan fingerprint density at radius 1 is 0.536 bits per heavy atom. The van der Waals surface area contributed by atoms with E-state index in [0.717, 1.165) is 4.35 Å². The van der Waals surface area contributed by atoms with Gasteiger partial charge in [0.05, 0.1) is 0 Å². The van der Waals surface area contributed by atoms with Crippen LogP contribution in [0.15, 0.2) is 115 Å². The van der Waals surface area contributed by atoms with E-state index in [9.17, 15) is 10.1 Å². The van der Waals surface area contributed by atoms with Crippen LogP contribution in [-0.2, 0) is 0 Å². The predicted octanol–water partition coefficient (Wildman–Crippen LogP) is 2.97. The van der Waals surface area contributed by atoms with Crippen molar-refractivity contribution in [2.45, 2.75) is 0 Å². The predicted molar refractivity (Wildman–Crippen MR) is 117 cm³/mol. The minimum atomic E-state index is -3.16. The minimum absolute atomic E-state index is 0.131. The third kappa shape index (κ3) is 3.15. The fourth-order valence-electron chi connectivity index (χ4n) is 3.66. The number of benzene rings is 4. The normalized spacial score (nSPS) is 11.1. The van der Waals surface area contributed by atoms with Crippen molar-refractivity contribution in [3.05, 3.63) is 125 Å². The first kappa shape index (κ1) is 18.2. The van der Waals surface area contributed by atoms with Gasteiger partial charge in [0.15, 0.2) is 0 Å². The molecule has 0 aliphatic heterocycles. The SMILES string of the molecule is O=[N+]([O-])c1cccc([As+](c2ccccc2)(c2ccccc2)c2ccccc2)c1. The zero-order chi connectivity index (χ0) is 19.4. The van der Waals surface area contributed by atoms with Gasteiger partial charge in [0, 0.05) is 0 Å². The van der Waals surface area contributed by atoms with Crippen LogP contribution in [0.25, 0.3) is 0 Å². The summed E-state index contributed by atoms with van der Waals surface area (Å²) in [5.74, 6) is 0. The van der Waals surface area contributed by atoms with Crippen LogP contribution in [0.2, 0.25) is 0 Å². The van der Waals surface area contributed by atoms with Crippen molar-refractivity contribution in [1.29, 1.82) is 0 Å². The van der Waals surface area contributed by atoms with E-state index < -0.39 is 13.6 Å². The topological polar surface area (TPSA) is 43.1 Å². The van der Waals surface area contributed by atoms with Crippen molar-refractivity contribution in [2.24, 2.45) is 0 Å². The Labute approximate surface area is 166 Å². The van der Waals surface area contributed by atoms with E-state index in [1.165, 1.54) is 13.1 Å². The molecule has 0 saturated heterocycles. The molecule has 0 N–H and O–H groups in total. The molecule has 4 aromatic carbocycles. The number of nitrogens with zero attached hydrogens (tertiary/aromatic N) is 1. The molecule has 136 valence electrons. The van der Waals surface area contributed by atoms with Gasteiger partial charge in [0.1, 0.15) is 0 Å². The van der Waals surface area contributed by atoms with E-state index in [0.29, 0.717) is 0 Å². The molecule has 28 heavy (non-hydrogen) atoms. The molecule has 4 heteroatoms. The summed E-state index contributed by atoms with van der Waals surface area (Å²) >= 11 is -3.16. The molecule has 0 aromatic heterocycles. The van der Waals surface area contributed by atoms with Crippen LogP contribution in [0.5, 0.6) is 0 Å². The van der Waals surface area contributed by atoms with E-state index in [-0.39, 0.29) is 10.6 Å². The van der Waals surface area contributed by atoms with Crippen LogP contribution < -0.4 is 17.4 Å². The van der Waals surface area contributed by atoms with Gasteiger partial charge in [-0.25, -0.2) is 0 Å². The van der Waals surface area contributed by atoms with Gasteiger partial charge >= 0.3 is 167 Å². The summed E-state index contributed by atoms with van der Waals surface area (Å²) in [5.41, 5.74) is 0.131. The summed E-state index contributed by atoms with van der Waals surface area (Å²) in [5, 5.41) is 11.5. The number of nitro benzene ring substituents is 1. The number of hydrogen-bond donors (Lipinski definition) is 0. The summed E-state index contributed by atoms with van der Waals surface area (Å²) < 4.78 is 4.74. The second-order valence-electron chi connectivity index (χ2n) is 6.45. The first-order valence-electron chi connectivity index (χ1n) is 9.04. The Bertz CT molecular complexity index is 986. The van der Waals surface area contributed by atoms with Crippen LogP contribution >= 0.6 is 0 Å². The maximum absolute atomic E-state index is 11.5. The summed E-state index contributed by atoms with van der Waals surface area (Å²) in [6.07, 6.45) is 0. The Kier molecular flexibility index (Phi) is 5.10. The molecule has 0 unspecified atom stereocenters. The fraction of sp³-hybridized carbons (Fsp3) is 0. The monoisotopic (exact) mass is 428 g/mol. The average Bonchev–Trinajstić information content (AvgIpc) is 2.77. The quantitative estimate of drug-likeness (QED) is 0.279. The van der Waals surface area contributed by atoms with E-state index in [1.807, 2.05) is 24.3 Å². The third-order valence-corrected chi connectivity index (χ3v) is 13.8. The van der Waals surface area contributed by atoms with E-state index in [2.05, 4.69) is 72.8 Å². The number of rotatable bonds is 5. The van der Waals surface area contributed by atoms with Crippen molar-refractivity contribution in [3.8, 4) is 0 Å². The molecular weight excluding hydrogens is 409 g/mol. The molecule has 0 amide bonds. The number of hydrogen-bond acceptors (Lipinski definition) is 2. The van der Waals surface area contributed by atoms with Gasteiger partial charge in [-0.1, -0.05) is 0 Å². The summed E-state index contributed by atoms with van der Waals surface area (Å²) in [4.78, 5) is 11.2. The molecule has 0 fully saturated rings. The van der Waals surface area contributed by atoms with Crippen molar-refractivity contribution in [3.63, 3.8) is 0 Å². The second-order valence-corrected chi connectivity index (χ2v) is 13.6. The molecule has 0 saturated carbocycles. The zero-order valence-electron chi connectivity index (χ0n) is 15.2. The van der Waals surface area contributed by atoms with Crippen LogP contribution in [0.3, 0.4) is 0 Å². The molecular formula is C24H19AsNO2+. The zero-order valence-corrected chi connectivity index (χ0v) is 17.1.